The number of fused-ring (bicyclic) bond motifs is 1. The maximum atomic E-state index is 12.8. The molecule has 4 rings (SSSR count). The van der Waals surface area contributed by atoms with Crippen LogP contribution in [0.3, 0.4) is 0 Å². The number of para-hydroxylation sites is 2. The van der Waals surface area contributed by atoms with E-state index in [1.165, 1.54) is 0 Å². The van der Waals surface area contributed by atoms with Gasteiger partial charge >= 0.3 is 0 Å². The topological polar surface area (TPSA) is 56.2 Å². The van der Waals surface area contributed by atoms with E-state index in [-0.39, 0.29) is 19.1 Å². The minimum atomic E-state index is -0.140. The zero-order chi connectivity index (χ0) is 22.0. The van der Waals surface area contributed by atoms with E-state index >= 15 is 0 Å². The number of anilines is 1. The number of carbonyl (C=O) groups is 1. The van der Waals surface area contributed by atoms with Gasteiger partial charge in [-0.3, -0.25) is 4.79 Å². The van der Waals surface area contributed by atoms with E-state index in [1.54, 1.807) is 18.2 Å². The van der Waals surface area contributed by atoms with Crippen molar-refractivity contribution in [3.8, 4) is 5.75 Å². The molecule has 0 unspecified atom stereocenters. The third-order valence-corrected chi connectivity index (χ3v) is 5.32. The van der Waals surface area contributed by atoms with Crippen LogP contribution in [-0.2, 0) is 17.9 Å². The Hall–Kier alpha value is -3.02. The molecule has 1 heterocycles. The summed E-state index contributed by atoms with van der Waals surface area (Å²) in [5.41, 5.74) is 4.62. The highest BCUT2D eigenvalue weighted by Gasteiger charge is 2.15. The van der Waals surface area contributed by atoms with Crippen molar-refractivity contribution in [3.05, 3.63) is 87.7 Å². The number of carbonyl (C=O) groups excluding carboxylic acids is 1. The second kappa shape index (κ2) is 9.00. The number of imidazole rings is 1. The van der Waals surface area contributed by atoms with Gasteiger partial charge in [0.2, 0.25) is 5.91 Å². The summed E-state index contributed by atoms with van der Waals surface area (Å²) >= 11 is 12.2. The van der Waals surface area contributed by atoms with Gasteiger partial charge in [0.1, 0.15) is 24.7 Å². The highest BCUT2D eigenvalue weighted by atomic mass is 35.5. The van der Waals surface area contributed by atoms with E-state index in [2.05, 4.69) is 16.4 Å². The van der Waals surface area contributed by atoms with Crippen LogP contribution in [-0.4, -0.2) is 15.5 Å². The summed E-state index contributed by atoms with van der Waals surface area (Å²) in [5.74, 6) is 0.992. The molecule has 5 nitrogen and oxygen atoms in total. The molecule has 0 atom stereocenters. The Kier molecular flexibility index (Phi) is 6.16. The molecule has 1 N–H and O–H groups in total. The number of hydrogen-bond acceptors (Lipinski definition) is 3. The van der Waals surface area contributed by atoms with Crippen LogP contribution in [0.1, 0.15) is 17.0 Å². The molecule has 0 aliphatic heterocycles. The Morgan fingerprint density at radius 1 is 1.03 bits per heavy atom. The molecule has 3 aromatic carbocycles. The van der Waals surface area contributed by atoms with E-state index in [4.69, 9.17) is 27.9 Å². The van der Waals surface area contributed by atoms with Gasteiger partial charge in [-0.2, -0.15) is 0 Å². The van der Waals surface area contributed by atoms with Crippen LogP contribution in [0.2, 0.25) is 10.0 Å². The quantitative estimate of drug-likeness (QED) is 0.379. The van der Waals surface area contributed by atoms with E-state index < -0.39 is 0 Å². The Labute approximate surface area is 190 Å². The van der Waals surface area contributed by atoms with Gasteiger partial charge in [0.15, 0.2) is 0 Å². The van der Waals surface area contributed by atoms with Crippen molar-refractivity contribution in [2.75, 3.05) is 5.32 Å². The van der Waals surface area contributed by atoms with Crippen LogP contribution in [0.25, 0.3) is 11.0 Å². The number of nitrogens with zero attached hydrogens (tertiary/aromatic N) is 2. The van der Waals surface area contributed by atoms with Gasteiger partial charge < -0.3 is 14.6 Å². The summed E-state index contributed by atoms with van der Waals surface area (Å²) in [6, 6.07) is 18.7. The zero-order valence-corrected chi connectivity index (χ0v) is 18.7. The summed E-state index contributed by atoms with van der Waals surface area (Å²) < 4.78 is 7.73. The average molecular weight is 454 g/mol. The fourth-order valence-electron chi connectivity index (χ4n) is 3.54. The molecule has 0 bridgehead atoms. The fourth-order valence-corrected chi connectivity index (χ4v) is 4.00. The fraction of sp³-hybridized carbons (Fsp3) is 0.167. The summed E-state index contributed by atoms with van der Waals surface area (Å²) in [7, 11) is 0. The van der Waals surface area contributed by atoms with Crippen LogP contribution in [0.4, 0.5) is 5.69 Å². The van der Waals surface area contributed by atoms with Crippen LogP contribution in [0, 0.1) is 13.8 Å². The first-order valence-electron chi connectivity index (χ1n) is 9.79. The van der Waals surface area contributed by atoms with E-state index in [0.717, 1.165) is 27.8 Å². The van der Waals surface area contributed by atoms with E-state index in [1.807, 2.05) is 54.8 Å². The summed E-state index contributed by atoms with van der Waals surface area (Å²) in [6.45, 7) is 4.28. The third kappa shape index (κ3) is 5.01. The molecule has 0 saturated carbocycles. The second-order valence-corrected chi connectivity index (χ2v) is 8.23. The van der Waals surface area contributed by atoms with Gasteiger partial charge in [0.05, 0.1) is 16.1 Å². The predicted molar refractivity (Wildman–Crippen MR) is 125 cm³/mol. The van der Waals surface area contributed by atoms with Gasteiger partial charge in [-0.1, -0.05) is 41.4 Å². The molecule has 158 valence electrons. The number of aryl methyl sites for hydroxylation is 2. The highest BCUT2D eigenvalue weighted by molar-refractivity contribution is 6.35. The van der Waals surface area contributed by atoms with Gasteiger partial charge in [-0.15, -0.1) is 0 Å². The van der Waals surface area contributed by atoms with Gasteiger partial charge in [-0.25, -0.2) is 4.98 Å². The molecule has 31 heavy (non-hydrogen) atoms. The number of halogens is 2. The standard InChI is InChI=1S/C24H21Cl2N3O2/c1-15-9-16(2)11-18(10-15)27-24(30)13-29-21-6-4-3-5-20(21)28-23(29)14-31-22-8-7-17(25)12-19(22)26/h3-12H,13-14H2,1-2H3,(H,27,30). The molecule has 1 amide bonds. The third-order valence-electron chi connectivity index (χ3n) is 4.79. The van der Waals surface area contributed by atoms with Crippen molar-refractivity contribution in [1.29, 1.82) is 0 Å². The predicted octanol–water partition coefficient (Wildman–Crippen LogP) is 6.18. The number of nitrogens with one attached hydrogen (secondary N) is 1. The van der Waals surface area contributed by atoms with Crippen LogP contribution >= 0.6 is 23.2 Å². The SMILES string of the molecule is Cc1cc(C)cc(NC(=O)Cn2c(COc3ccc(Cl)cc3Cl)nc3ccccc32)c1. The number of ether oxygens (including phenoxy) is 1. The first-order chi connectivity index (χ1) is 14.9. The van der Waals surface area contributed by atoms with Crippen molar-refractivity contribution >= 4 is 45.8 Å². The largest absolute Gasteiger partial charge is 0.484 e. The minimum absolute atomic E-state index is 0.112. The Balaban J connectivity index is 1.58. The Morgan fingerprint density at radius 3 is 2.52 bits per heavy atom. The molecular weight excluding hydrogens is 433 g/mol. The second-order valence-electron chi connectivity index (χ2n) is 7.39. The molecule has 0 fully saturated rings. The van der Waals surface area contributed by atoms with Crippen LogP contribution in [0.5, 0.6) is 5.75 Å². The summed E-state index contributed by atoms with van der Waals surface area (Å²) in [5, 5.41) is 3.93. The lowest BCUT2D eigenvalue weighted by Gasteiger charge is -2.12. The number of rotatable bonds is 6. The van der Waals surface area contributed by atoms with Gasteiger partial charge in [-0.05, 0) is 67.4 Å². The smallest absolute Gasteiger partial charge is 0.244 e. The minimum Gasteiger partial charge on any atom is -0.484 e. The van der Waals surface area contributed by atoms with Gasteiger partial charge in [0, 0.05) is 10.7 Å². The van der Waals surface area contributed by atoms with Crippen LogP contribution in [0.15, 0.2) is 60.7 Å². The Morgan fingerprint density at radius 2 is 1.77 bits per heavy atom. The summed E-state index contributed by atoms with van der Waals surface area (Å²) in [6.07, 6.45) is 0. The zero-order valence-electron chi connectivity index (χ0n) is 17.2. The maximum Gasteiger partial charge on any atom is 0.244 e. The summed E-state index contributed by atoms with van der Waals surface area (Å²) in [4.78, 5) is 17.5. The normalized spacial score (nSPS) is 11.0. The molecule has 0 aliphatic rings. The lowest BCUT2D eigenvalue weighted by atomic mass is 10.1. The average Bonchev–Trinajstić information content (AvgIpc) is 3.04. The Bertz CT molecular complexity index is 1250. The molecular formula is C24H21Cl2N3O2. The van der Waals surface area contributed by atoms with E-state index in [0.29, 0.717) is 21.6 Å². The number of aromatic nitrogens is 2. The number of hydrogen-bond donors (Lipinski definition) is 1. The van der Waals surface area contributed by atoms with Crippen molar-refractivity contribution in [1.82, 2.24) is 9.55 Å². The maximum absolute atomic E-state index is 12.8. The number of amides is 1. The molecule has 0 spiro atoms. The molecule has 4 aromatic rings. The van der Waals surface area contributed by atoms with Crippen molar-refractivity contribution in [3.63, 3.8) is 0 Å². The first kappa shape index (κ1) is 21.2. The van der Waals surface area contributed by atoms with Crippen molar-refractivity contribution < 1.29 is 9.53 Å². The number of benzene rings is 3. The molecule has 0 saturated heterocycles. The lowest BCUT2D eigenvalue weighted by Crippen LogP contribution is -2.21. The monoisotopic (exact) mass is 453 g/mol. The van der Waals surface area contributed by atoms with Gasteiger partial charge in [0.25, 0.3) is 0 Å². The molecule has 0 radical (unpaired) electrons. The lowest BCUT2D eigenvalue weighted by molar-refractivity contribution is -0.116. The van der Waals surface area contributed by atoms with Crippen LogP contribution < -0.4 is 10.1 Å². The van der Waals surface area contributed by atoms with E-state index in [9.17, 15) is 4.79 Å². The molecule has 1 aromatic heterocycles. The molecule has 7 heteroatoms. The van der Waals surface area contributed by atoms with Crippen molar-refractivity contribution in [2.24, 2.45) is 0 Å². The molecule has 0 aliphatic carbocycles. The van der Waals surface area contributed by atoms with Crippen molar-refractivity contribution in [2.45, 2.75) is 27.0 Å². The first-order valence-corrected chi connectivity index (χ1v) is 10.5. The highest BCUT2D eigenvalue weighted by Crippen LogP contribution is 2.28.